The van der Waals surface area contributed by atoms with Gasteiger partial charge in [0.25, 0.3) is 0 Å². The zero-order valence-corrected chi connectivity index (χ0v) is 13.9. The van der Waals surface area contributed by atoms with Crippen molar-refractivity contribution >= 4 is 16.6 Å². The van der Waals surface area contributed by atoms with Crippen molar-refractivity contribution in [1.82, 2.24) is 4.90 Å². The Hall–Kier alpha value is -2.18. The largest absolute Gasteiger partial charge is 0.302 e. The van der Waals surface area contributed by atoms with Crippen LogP contribution in [0.4, 0.5) is 0 Å². The fourth-order valence-electron chi connectivity index (χ4n) is 3.88. The van der Waals surface area contributed by atoms with E-state index in [0.717, 1.165) is 49.2 Å². The Kier molecular flexibility index (Phi) is 4.08. The number of fused-ring (bicyclic) bond motifs is 1. The molecule has 2 fully saturated rings. The Bertz CT molecular complexity index is 816. The van der Waals surface area contributed by atoms with Gasteiger partial charge in [0.1, 0.15) is 0 Å². The van der Waals surface area contributed by atoms with Gasteiger partial charge in [-0.3, -0.25) is 4.79 Å². The molecule has 0 spiro atoms. The Labute approximate surface area is 142 Å². The van der Waals surface area contributed by atoms with E-state index in [0.29, 0.717) is 11.1 Å². The second kappa shape index (κ2) is 6.37. The molecular formula is C21H22N2O. The summed E-state index contributed by atoms with van der Waals surface area (Å²) in [6, 6.07) is 13.8. The van der Waals surface area contributed by atoms with Gasteiger partial charge < -0.3 is 4.90 Å². The van der Waals surface area contributed by atoms with Gasteiger partial charge in [0, 0.05) is 24.6 Å². The molecule has 2 aromatic carbocycles. The third kappa shape index (κ3) is 3.07. The minimum Gasteiger partial charge on any atom is -0.302 e. The van der Waals surface area contributed by atoms with Gasteiger partial charge in [0.2, 0.25) is 0 Å². The highest BCUT2D eigenvalue weighted by atomic mass is 16.1. The molecule has 0 amide bonds. The minimum absolute atomic E-state index is 0.0743. The van der Waals surface area contributed by atoms with Crippen LogP contribution in [-0.4, -0.2) is 30.3 Å². The quantitative estimate of drug-likeness (QED) is 0.800. The lowest BCUT2D eigenvalue weighted by Gasteiger charge is -2.32. The summed E-state index contributed by atoms with van der Waals surface area (Å²) < 4.78 is 0. The maximum Gasteiger partial charge on any atom is 0.167 e. The Morgan fingerprint density at radius 3 is 2.83 bits per heavy atom. The van der Waals surface area contributed by atoms with Gasteiger partial charge >= 0.3 is 0 Å². The number of nitrogens with zero attached hydrogens (tertiary/aromatic N) is 2. The summed E-state index contributed by atoms with van der Waals surface area (Å²) in [7, 11) is 0. The molecule has 4 rings (SSSR count). The molecule has 1 atom stereocenters. The summed E-state index contributed by atoms with van der Waals surface area (Å²) in [4.78, 5) is 15.5. The maximum atomic E-state index is 13.0. The number of Topliss-reactive ketones (excluding diaryl/α,β-unsaturated/α-hetero) is 1. The van der Waals surface area contributed by atoms with E-state index in [2.05, 4.69) is 11.0 Å². The lowest BCUT2D eigenvalue weighted by Crippen LogP contribution is -2.39. The fourth-order valence-corrected chi connectivity index (χ4v) is 3.88. The predicted molar refractivity (Wildman–Crippen MR) is 94.9 cm³/mol. The van der Waals surface area contributed by atoms with Crippen molar-refractivity contribution in [2.45, 2.75) is 25.7 Å². The van der Waals surface area contributed by atoms with Crippen molar-refractivity contribution in [3.8, 4) is 6.07 Å². The molecule has 0 N–H and O–H groups in total. The van der Waals surface area contributed by atoms with Crippen LogP contribution in [0.1, 0.15) is 41.6 Å². The molecule has 24 heavy (non-hydrogen) atoms. The maximum absolute atomic E-state index is 13.0. The van der Waals surface area contributed by atoms with Gasteiger partial charge in [0.15, 0.2) is 5.78 Å². The molecule has 0 radical (unpaired) electrons. The van der Waals surface area contributed by atoms with E-state index in [4.69, 9.17) is 0 Å². The lowest BCUT2D eigenvalue weighted by molar-refractivity contribution is 0.0815. The number of likely N-dealkylation sites (tertiary alicyclic amines) is 1. The summed E-state index contributed by atoms with van der Waals surface area (Å²) >= 11 is 0. The third-order valence-electron chi connectivity index (χ3n) is 5.36. The fraction of sp³-hybridized carbons (Fsp3) is 0.429. The van der Waals surface area contributed by atoms with Gasteiger partial charge in [-0.05, 0) is 61.1 Å². The number of hydrogen-bond acceptors (Lipinski definition) is 3. The van der Waals surface area contributed by atoms with Crippen LogP contribution in [0.3, 0.4) is 0 Å². The summed E-state index contributed by atoms with van der Waals surface area (Å²) in [5, 5.41) is 11.3. The molecule has 3 nitrogen and oxygen atoms in total. The highest BCUT2D eigenvalue weighted by Gasteiger charge is 2.30. The van der Waals surface area contributed by atoms with Crippen LogP contribution >= 0.6 is 0 Å². The second-order valence-corrected chi connectivity index (χ2v) is 7.26. The molecular weight excluding hydrogens is 296 g/mol. The van der Waals surface area contributed by atoms with Crippen LogP contribution in [0.15, 0.2) is 36.4 Å². The Morgan fingerprint density at radius 2 is 2.04 bits per heavy atom. The molecule has 3 heteroatoms. The molecule has 1 saturated heterocycles. The Morgan fingerprint density at radius 1 is 1.21 bits per heavy atom. The van der Waals surface area contributed by atoms with Crippen LogP contribution in [0, 0.1) is 23.2 Å². The van der Waals surface area contributed by atoms with Gasteiger partial charge in [-0.25, -0.2) is 0 Å². The van der Waals surface area contributed by atoms with Crippen LogP contribution < -0.4 is 0 Å². The number of ketones is 1. The average molecular weight is 318 g/mol. The van der Waals surface area contributed by atoms with Crippen molar-refractivity contribution in [3.05, 3.63) is 47.5 Å². The van der Waals surface area contributed by atoms with E-state index in [9.17, 15) is 10.1 Å². The number of piperidine rings is 1. The molecule has 1 saturated carbocycles. The third-order valence-corrected chi connectivity index (χ3v) is 5.36. The van der Waals surface area contributed by atoms with E-state index in [1.807, 2.05) is 30.3 Å². The van der Waals surface area contributed by atoms with Crippen molar-refractivity contribution < 1.29 is 4.79 Å². The highest BCUT2D eigenvalue weighted by Crippen LogP contribution is 2.32. The number of carbonyl (C=O) groups is 1. The topological polar surface area (TPSA) is 44.1 Å². The SMILES string of the molecule is N#Cc1cc(C(=O)C2CCCN(CC3CC3)C2)cc2ccccc12. The van der Waals surface area contributed by atoms with Crippen molar-refractivity contribution in [3.63, 3.8) is 0 Å². The smallest absolute Gasteiger partial charge is 0.167 e. The average Bonchev–Trinajstić information content (AvgIpc) is 3.44. The summed E-state index contributed by atoms with van der Waals surface area (Å²) in [6.07, 6.45) is 4.77. The molecule has 1 aliphatic heterocycles. The summed E-state index contributed by atoms with van der Waals surface area (Å²) in [5.41, 5.74) is 1.30. The highest BCUT2D eigenvalue weighted by molar-refractivity contribution is 6.03. The van der Waals surface area contributed by atoms with E-state index in [1.165, 1.54) is 12.8 Å². The molecule has 1 heterocycles. The van der Waals surface area contributed by atoms with Crippen molar-refractivity contribution in [2.24, 2.45) is 11.8 Å². The molecule has 2 aromatic rings. The minimum atomic E-state index is 0.0743. The molecule has 2 aliphatic rings. The van der Waals surface area contributed by atoms with Crippen LogP contribution in [0.2, 0.25) is 0 Å². The number of rotatable bonds is 4. The van der Waals surface area contributed by atoms with E-state index in [-0.39, 0.29) is 11.7 Å². The molecule has 122 valence electrons. The van der Waals surface area contributed by atoms with Crippen LogP contribution in [0.25, 0.3) is 10.8 Å². The first-order valence-electron chi connectivity index (χ1n) is 8.94. The standard InChI is InChI=1S/C21H22N2O/c22-12-19-11-18(10-16-4-1-2-6-20(16)19)21(24)17-5-3-9-23(14-17)13-15-7-8-15/h1-2,4,6,10-11,15,17H,3,5,7-9,13-14H2. The van der Waals surface area contributed by atoms with Crippen molar-refractivity contribution in [1.29, 1.82) is 5.26 Å². The normalized spacial score (nSPS) is 21.5. The lowest BCUT2D eigenvalue weighted by atomic mass is 9.88. The van der Waals surface area contributed by atoms with Gasteiger partial charge in [0.05, 0.1) is 11.6 Å². The van der Waals surface area contributed by atoms with E-state index in [1.54, 1.807) is 6.07 Å². The Balaban J connectivity index is 1.59. The first kappa shape index (κ1) is 15.4. The molecule has 1 aliphatic carbocycles. The van der Waals surface area contributed by atoms with E-state index < -0.39 is 0 Å². The van der Waals surface area contributed by atoms with Gasteiger partial charge in [-0.1, -0.05) is 24.3 Å². The molecule has 0 aromatic heterocycles. The first-order chi connectivity index (χ1) is 11.7. The predicted octanol–water partition coefficient (Wildman–Crippen LogP) is 4.02. The van der Waals surface area contributed by atoms with Crippen molar-refractivity contribution in [2.75, 3.05) is 19.6 Å². The van der Waals surface area contributed by atoms with E-state index >= 15 is 0 Å². The zero-order valence-electron chi connectivity index (χ0n) is 13.9. The summed E-state index contributed by atoms with van der Waals surface area (Å²) in [6.45, 7) is 3.16. The first-order valence-corrected chi connectivity index (χ1v) is 8.94. The molecule has 0 bridgehead atoms. The zero-order chi connectivity index (χ0) is 16.5. The monoisotopic (exact) mass is 318 g/mol. The molecule has 1 unspecified atom stereocenters. The number of benzene rings is 2. The van der Waals surface area contributed by atoms with Gasteiger partial charge in [-0.2, -0.15) is 5.26 Å². The van der Waals surface area contributed by atoms with Gasteiger partial charge in [-0.15, -0.1) is 0 Å². The van der Waals surface area contributed by atoms with Crippen LogP contribution in [0.5, 0.6) is 0 Å². The van der Waals surface area contributed by atoms with Crippen LogP contribution in [-0.2, 0) is 0 Å². The number of hydrogen-bond donors (Lipinski definition) is 0. The number of nitriles is 1. The number of carbonyl (C=O) groups excluding carboxylic acids is 1. The summed E-state index contributed by atoms with van der Waals surface area (Å²) in [5.74, 6) is 1.15. The second-order valence-electron chi connectivity index (χ2n) is 7.26.